The molecule has 5 nitrogen and oxygen atoms in total. The molecule has 0 spiro atoms. The Labute approximate surface area is 104 Å². The Balaban J connectivity index is 2.32. The first kappa shape index (κ1) is 14.4. The third-order valence-electron chi connectivity index (χ3n) is 3.29. The monoisotopic (exact) mass is 243 g/mol. The van der Waals surface area contributed by atoms with Gasteiger partial charge in [0.15, 0.2) is 0 Å². The summed E-state index contributed by atoms with van der Waals surface area (Å²) in [5, 5.41) is 12.2. The second-order valence-electron chi connectivity index (χ2n) is 4.58. The number of carboxylic acids is 1. The van der Waals surface area contributed by atoms with E-state index in [0.29, 0.717) is 6.54 Å². The summed E-state index contributed by atoms with van der Waals surface area (Å²) < 4.78 is 0. The summed E-state index contributed by atoms with van der Waals surface area (Å²) in [5.74, 6) is -0.739. The van der Waals surface area contributed by atoms with E-state index in [0.717, 1.165) is 45.7 Å². The van der Waals surface area contributed by atoms with E-state index in [-0.39, 0.29) is 0 Å². The predicted molar refractivity (Wildman–Crippen MR) is 68.3 cm³/mol. The smallest absolute Gasteiger partial charge is 0.322 e. The van der Waals surface area contributed by atoms with Crippen molar-refractivity contribution in [3.8, 4) is 0 Å². The molecular weight excluding hydrogens is 218 g/mol. The van der Waals surface area contributed by atoms with Crippen LogP contribution in [-0.4, -0.2) is 72.7 Å². The minimum absolute atomic E-state index is 0.428. The number of carbonyl (C=O) groups is 1. The van der Waals surface area contributed by atoms with Gasteiger partial charge in [0.2, 0.25) is 0 Å². The number of hydrogen-bond acceptors (Lipinski definition) is 4. The van der Waals surface area contributed by atoms with Gasteiger partial charge in [-0.15, -0.1) is 0 Å². The molecular formula is C12H25N3O2. The minimum atomic E-state index is -0.739. The molecule has 1 fully saturated rings. The number of hydrogen-bond donors (Lipinski definition) is 2. The topological polar surface area (TPSA) is 55.8 Å². The molecule has 0 aromatic carbocycles. The number of aliphatic carboxylic acids is 1. The van der Waals surface area contributed by atoms with Crippen molar-refractivity contribution in [2.24, 2.45) is 0 Å². The predicted octanol–water partition coefficient (Wildman–Crippen LogP) is 0.0767. The molecule has 1 rings (SSSR count). The van der Waals surface area contributed by atoms with E-state index < -0.39 is 12.0 Å². The van der Waals surface area contributed by atoms with Gasteiger partial charge in [-0.1, -0.05) is 13.8 Å². The quantitative estimate of drug-likeness (QED) is 0.663. The maximum absolute atomic E-state index is 11.1. The van der Waals surface area contributed by atoms with E-state index in [1.807, 2.05) is 6.92 Å². The summed E-state index contributed by atoms with van der Waals surface area (Å²) in [7, 11) is 0. The number of carboxylic acid groups (broad SMARTS) is 1. The summed E-state index contributed by atoms with van der Waals surface area (Å²) in [6.07, 6.45) is 0.966. The molecule has 1 unspecified atom stereocenters. The molecule has 1 aliphatic rings. The normalized spacial score (nSPS) is 20.4. The number of nitrogens with one attached hydrogen (secondary N) is 1. The molecule has 1 aliphatic heterocycles. The van der Waals surface area contributed by atoms with Gasteiger partial charge in [-0.05, 0) is 19.5 Å². The van der Waals surface area contributed by atoms with Gasteiger partial charge in [0.25, 0.3) is 0 Å². The van der Waals surface area contributed by atoms with Crippen LogP contribution in [0.25, 0.3) is 0 Å². The van der Waals surface area contributed by atoms with Crippen molar-refractivity contribution in [1.82, 2.24) is 15.1 Å². The third kappa shape index (κ3) is 5.02. The number of rotatable bonds is 7. The lowest BCUT2D eigenvalue weighted by Crippen LogP contribution is -2.52. The van der Waals surface area contributed by atoms with E-state index in [2.05, 4.69) is 22.0 Å². The van der Waals surface area contributed by atoms with Gasteiger partial charge in [0.1, 0.15) is 6.04 Å². The van der Waals surface area contributed by atoms with Crippen LogP contribution < -0.4 is 5.32 Å². The van der Waals surface area contributed by atoms with Crippen LogP contribution in [0.4, 0.5) is 0 Å². The zero-order valence-corrected chi connectivity index (χ0v) is 11.0. The highest BCUT2D eigenvalue weighted by Crippen LogP contribution is 2.02. The van der Waals surface area contributed by atoms with Gasteiger partial charge >= 0.3 is 5.97 Å². The van der Waals surface area contributed by atoms with E-state index >= 15 is 0 Å². The van der Waals surface area contributed by atoms with Crippen molar-refractivity contribution < 1.29 is 9.90 Å². The van der Waals surface area contributed by atoms with Crippen LogP contribution in [0.1, 0.15) is 20.3 Å². The van der Waals surface area contributed by atoms with Gasteiger partial charge in [0.05, 0.1) is 0 Å². The average molecular weight is 243 g/mol. The van der Waals surface area contributed by atoms with Crippen LogP contribution in [0, 0.1) is 0 Å². The average Bonchev–Trinajstić information content (AvgIpc) is 2.35. The van der Waals surface area contributed by atoms with E-state index in [1.54, 1.807) is 0 Å². The molecule has 0 aliphatic carbocycles. The maximum Gasteiger partial charge on any atom is 0.322 e. The van der Waals surface area contributed by atoms with Gasteiger partial charge in [0, 0.05) is 32.7 Å². The first-order valence-electron chi connectivity index (χ1n) is 6.58. The fraction of sp³-hybridized carbons (Fsp3) is 0.917. The van der Waals surface area contributed by atoms with E-state index in [4.69, 9.17) is 5.11 Å². The third-order valence-corrected chi connectivity index (χ3v) is 3.29. The molecule has 0 saturated carbocycles. The Morgan fingerprint density at radius 2 is 1.82 bits per heavy atom. The van der Waals surface area contributed by atoms with Crippen molar-refractivity contribution in [1.29, 1.82) is 0 Å². The lowest BCUT2D eigenvalue weighted by molar-refractivity contribution is -0.140. The molecule has 5 heteroatoms. The fourth-order valence-electron chi connectivity index (χ4n) is 2.09. The number of likely N-dealkylation sites (N-methyl/N-ethyl adjacent to an activating group) is 1. The molecule has 1 atom stereocenters. The van der Waals surface area contributed by atoms with Gasteiger partial charge in [-0.3, -0.25) is 9.69 Å². The number of nitrogens with zero attached hydrogens (tertiary/aromatic N) is 2. The van der Waals surface area contributed by atoms with Crippen molar-refractivity contribution in [3.05, 3.63) is 0 Å². The molecule has 0 aromatic rings. The molecule has 2 N–H and O–H groups in total. The van der Waals surface area contributed by atoms with Crippen LogP contribution >= 0.6 is 0 Å². The molecule has 0 amide bonds. The molecule has 17 heavy (non-hydrogen) atoms. The van der Waals surface area contributed by atoms with Crippen molar-refractivity contribution in [3.63, 3.8) is 0 Å². The first-order valence-corrected chi connectivity index (χ1v) is 6.58. The molecule has 0 bridgehead atoms. The summed E-state index contributed by atoms with van der Waals surface area (Å²) in [5.41, 5.74) is 0. The maximum atomic E-state index is 11.1. The summed E-state index contributed by atoms with van der Waals surface area (Å²) in [4.78, 5) is 15.7. The lowest BCUT2D eigenvalue weighted by atomic mass is 10.2. The van der Waals surface area contributed by atoms with Crippen molar-refractivity contribution in [2.45, 2.75) is 26.3 Å². The first-order chi connectivity index (χ1) is 8.17. The summed E-state index contributed by atoms with van der Waals surface area (Å²) in [6.45, 7) is 10.7. The SMILES string of the molecule is CCCNC(CN1CCN(CC)CC1)C(=O)O. The second-order valence-corrected chi connectivity index (χ2v) is 4.58. The van der Waals surface area contributed by atoms with Crippen LogP contribution in [0.3, 0.4) is 0 Å². The fourth-order valence-corrected chi connectivity index (χ4v) is 2.09. The largest absolute Gasteiger partial charge is 0.480 e. The zero-order chi connectivity index (χ0) is 12.7. The van der Waals surface area contributed by atoms with Crippen LogP contribution in [-0.2, 0) is 4.79 Å². The minimum Gasteiger partial charge on any atom is -0.480 e. The summed E-state index contributed by atoms with van der Waals surface area (Å²) >= 11 is 0. The molecule has 1 heterocycles. The highest BCUT2D eigenvalue weighted by atomic mass is 16.4. The second kappa shape index (κ2) is 7.63. The molecule has 100 valence electrons. The van der Waals surface area contributed by atoms with Gasteiger partial charge in [-0.2, -0.15) is 0 Å². The Morgan fingerprint density at radius 3 is 2.29 bits per heavy atom. The van der Waals surface area contributed by atoms with Crippen LogP contribution in [0.2, 0.25) is 0 Å². The number of piperazine rings is 1. The highest BCUT2D eigenvalue weighted by Gasteiger charge is 2.22. The summed E-state index contributed by atoms with van der Waals surface area (Å²) in [6, 6.07) is -0.428. The zero-order valence-electron chi connectivity index (χ0n) is 11.0. The Bertz CT molecular complexity index is 228. The van der Waals surface area contributed by atoms with Gasteiger partial charge in [-0.25, -0.2) is 0 Å². The molecule has 0 aromatic heterocycles. The molecule has 0 radical (unpaired) electrons. The van der Waals surface area contributed by atoms with Gasteiger partial charge < -0.3 is 15.3 Å². The Kier molecular flexibility index (Phi) is 6.47. The van der Waals surface area contributed by atoms with Crippen LogP contribution in [0.5, 0.6) is 0 Å². The lowest BCUT2D eigenvalue weighted by Gasteiger charge is -2.35. The Morgan fingerprint density at radius 1 is 1.24 bits per heavy atom. The van der Waals surface area contributed by atoms with Crippen molar-refractivity contribution >= 4 is 5.97 Å². The van der Waals surface area contributed by atoms with Crippen LogP contribution in [0.15, 0.2) is 0 Å². The van der Waals surface area contributed by atoms with E-state index in [9.17, 15) is 4.79 Å². The standard InChI is InChI=1S/C12H25N3O2/c1-3-5-13-11(12(16)17)10-15-8-6-14(4-2)7-9-15/h11,13H,3-10H2,1-2H3,(H,16,17). The Hall–Kier alpha value is -0.650. The highest BCUT2D eigenvalue weighted by molar-refractivity contribution is 5.73. The van der Waals surface area contributed by atoms with Crippen molar-refractivity contribution in [2.75, 3.05) is 45.8 Å². The molecule has 1 saturated heterocycles. The van der Waals surface area contributed by atoms with E-state index in [1.165, 1.54) is 0 Å².